The van der Waals surface area contributed by atoms with E-state index in [0.717, 1.165) is 48.8 Å². The van der Waals surface area contributed by atoms with Crippen molar-refractivity contribution in [2.24, 2.45) is 5.73 Å². The van der Waals surface area contributed by atoms with Crippen LogP contribution in [0.15, 0.2) is 12.1 Å². The molecule has 2 aromatic rings. The lowest BCUT2D eigenvalue weighted by atomic mass is 9.97. The summed E-state index contributed by atoms with van der Waals surface area (Å²) in [5.41, 5.74) is 8.02. The summed E-state index contributed by atoms with van der Waals surface area (Å²) in [4.78, 5) is 31.4. The van der Waals surface area contributed by atoms with Crippen molar-refractivity contribution >= 4 is 17.7 Å². The van der Waals surface area contributed by atoms with Crippen molar-refractivity contribution in [3.8, 4) is 0 Å². The molecule has 26 heavy (non-hydrogen) atoms. The summed E-state index contributed by atoms with van der Waals surface area (Å²) in [7, 11) is 0. The molecular weight excluding hydrogens is 330 g/mol. The highest BCUT2D eigenvalue weighted by molar-refractivity contribution is 5.75. The summed E-state index contributed by atoms with van der Waals surface area (Å²) in [6.45, 7) is 7.73. The molecular formula is C18H25N7O. The van der Waals surface area contributed by atoms with Gasteiger partial charge in [0.25, 0.3) is 0 Å². The fourth-order valence-corrected chi connectivity index (χ4v) is 3.36. The lowest BCUT2D eigenvalue weighted by molar-refractivity contribution is -0.119. The van der Waals surface area contributed by atoms with Crippen molar-refractivity contribution in [1.29, 1.82) is 0 Å². The summed E-state index contributed by atoms with van der Waals surface area (Å²) < 4.78 is 0. The van der Waals surface area contributed by atoms with Crippen LogP contribution in [0, 0.1) is 20.8 Å². The number of hydrogen-bond donors (Lipinski definition) is 2. The van der Waals surface area contributed by atoms with E-state index in [1.807, 2.05) is 32.9 Å². The molecule has 1 atom stereocenters. The van der Waals surface area contributed by atoms with E-state index in [0.29, 0.717) is 11.8 Å². The Morgan fingerprint density at radius 2 is 1.85 bits per heavy atom. The summed E-state index contributed by atoms with van der Waals surface area (Å²) in [6, 6.07) is 3.81. The van der Waals surface area contributed by atoms with E-state index < -0.39 is 0 Å². The van der Waals surface area contributed by atoms with Crippen molar-refractivity contribution in [2.45, 2.75) is 39.5 Å². The van der Waals surface area contributed by atoms with Crippen LogP contribution in [0.1, 0.15) is 41.7 Å². The molecule has 1 fully saturated rings. The number of nitrogens with two attached hydrogens (primary N) is 1. The first-order chi connectivity index (χ1) is 12.4. The minimum Gasteiger partial charge on any atom is -0.369 e. The number of nitrogens with one attached hydrogen (secondary N) is 1. The van der Waals surface area contributed by atoms with Crippen LogP contribution >= 0.6 is 0 Å². The first kappa shape index (κ1) is 18.2. The zero-order valence-corrected chi connectivity index (χ0v) is 15.5. The van der Waals surface area contributed by atoms with Crippen LogP contribution in [0.2, 0.25) is 0 Å². The Labute approximate surface area is 153 Å². The van der Waals surface area contributed by atoms with Gasteiger partial charge in [0.05, 0.1) is 6.54 Å². The fourth-order valence-electron chi connectivity index (χ4n) is 3.36. The number of rotatable bonds is 5. The van der Waals surface area contributed by atoms with E-state index >= 15 is 0 Å². The molecule has 8 heteroatoms. The van der Waals surface area contributed by atoms with Crippen LogP contribution in [0.25, 0.3) is 0 Å². The third-order valence-corrected chi connectivity index (χ3v) is 4.34. The van der Waals surface area contributed by atoms with Crippen LogP contribution in [0.5, 0.6) is 0 Å². The highest BCUT2D eigenvalue weighted by Gasteiger charge is 2.24. The van der Waals surface area contributed by atoms with Gasteiger partial charge in [-0.25, -0.2) is 19.9 Å². The topological polar surface area (TPSA) is 110 Å². The summed E-state index contributed by atoms with van der Waals surface area (Å²) in [6.07, 6.45) is 2.00. The molecule has 3 N–H and O–H groups in total. The number of likely N-dealkylation sites (tertiary alicyclic amines) is 1. The summed E-state index contributed by atoms with van der Waals surface area (Å²) >= 11 is 0. The minimum atomic E-state index is -0.301. The van der Waals surface area contributed by atoms with Crippen molar-refractivity contribution in [3.05, 3.63) is 35.0 Å². The number of aryl methyl sites for hydroxylation is 3. The van der Waals surface area contributed by atoms with Crippen molar-refractivity contribution < 1.29 is 4.79 Å². The molecule has 0 radical (unpaired) electrons. The first-order valence-corrected chi connectivity index (χ1v) is 8.84. The Morgan fingerprint density at radius 1 is 1.15 bits per heavy atom. The fraction of sp³-hybridized carbons (Fsp3) is 0.500. The van der Waals surface area contributed by atoms with E-state index in [1.54, 1.807) is 0 Å². The Hall–Kier alpha value is -2.61. The second kappa shape index (κ2) is 7.74. The molecule has 0 unspecified atom stereocenters. The highest BCUT2D eigenvalue weighted by atomic mass is 16.1. The van der Waals surface area contributed by atoms with Gasteiger partial charge in [0.15, 0.2) is 0 Å². The van der Waals surface area contributed by atoms with Crippen molar-refractivity contribution in [3.63, 3.8) is 0 Å². The molecule has 138 valence electrons. The second-order valence-electron chi connectivity index (χ2n) is 6.89. The number of carbonyl (C=O) groups is 1. The number of hydrogen-bond acceptors (Lipinski definition) is 7. The van der Waals surface area contributed by atoms with Crippen molar-refractivity contribution in [2.75, 3.05) is 25.0 Å². The smallest absolute Gasteiger partial charge is 0.231 e. The van der Waals surface area contributed by atoms with E-state index in [4.69, 9.17) is 5.73 Å². The first-order valence-electron chi connectivity index (χ1n) is 8.84. The van der Waals surface area contributed by atoms with E-state index in [-0.39, 0.29) is 18.4 Å². The molecule has 0 aliphatic carbocycles. The Bertz CT molecular complexity index is 788. The molecule has 0 bridgehead atoms. The maximum atomic E-state index is 11.2. The molecule has 1 amide bonds. The molecule has 1 saturated heterocycles. The van der Waals surface area contributed by atoms with E-state index in [1.165, 1.54) is 0 Å². The molecule has 0 saturated carbocycles. The Kier molecular flexibility index (Phi) is 5.41. The van der Waals surface area contributed by atoms with Gasteiger partial charge in [-0.1, -0.05) is 0 Å². The number of carbonyl (C=O) groups excluding carboxylic acids is 1. The van der Waals surface area contributed by atoms with Gasteiger partial charge in [-0.2, -0.15) is 0 Å². The van der Waals surface area contributed by atoms with Crippen LogP contribution < -0.4 is 11.1 Å². The van der Waals surface area contributed by atoms with Crippen molar-refractivity contribution in [1.82, 2.24) is 24.8 Å². The molecule has 3 rings (SSSR count). The zero-order chi connectivity index (χ0) is 18.7. The van der Waals surface area contributed by atoms with Gasteiger partial charge in [0, 0.05) is 35.6 Å². The molecule has 1 aliphatic rings. The zero-order valence-electron chi connectivity index (χ0n) is 15.5. The van der Waals surface area contributed by atoms with Crippen LogP contribution in [0.3, 0.4) is 0 Å². The van der Waals surface area contributed by atoms with Gasteiger partial charge in [-0.3, -0.25) is 9.69 Å². The number of piperidine rings is 1. The maximum absolute atomic E-state index is 11.2. The predicted molar refractivity (Wildman–Crippen MR) is 99.2 cm³/mol. The predicted octanol–water partition coefficient (Wildman–Crippen LogP) is 1.60. The third-order valence-electron chi connectivity index (χ3n) is 4.34. The minimum absolute atomic E-state index is 0.184. The average Bonchev–Trinajstić information content (AvgIpc) is 2.53. The van der Waals surface area contributed by atoms with E-state index in [9.17, 15) is 4.79 Å². The lowest BCUT2D eigenvalue weighted by Crippen LogP contribution is -2.40. The summed E-state index contributed by atoms with van der Waals surface area (Å²) in [5, 5.41) is 3.19. The van der Waals surface area contributed by atoms with Crippen LogP contribution in [-0.2, 0) is 4.79 Å². The number of primary amides is 1. The molecule has 1 aliphatic heterocycles. The normalized spacial score (nSPS) is 17.9. The van der Waals surface area contributed by atoms with Gasteiger partial charge in [0.1, 0.15) is 11.6 Å². The molecule has 8 nitrogen and oxygen atoms in total. The summed E-state index contributed by atoms with van der Waals surface area (Å²) in [5.74, 6) is 1.88. The molecule has 3 heterocycles. The Morgan fingerprint density at radius 3 is 2.54 bits per heavy atom. The average molecular weight is 355 g/mol. The van der Waals surface area contributed by atoms with E-state index in [2.05, 4.69) is 30.2 Å². The van der Waals surface area contributed by atoms with Gasteiger partial charge in [-0.15, -0.1) is 0 Å². The highest BCUT2D eigenvalue weighted by Crippen LogP contribution is 2.26. The number of aromatic nitrogens is 4. The standard InChI is InChI=1S/C18H25N7O/c1-11-7-12(2)22-18(21-11)24-16-8-13(3)20-17(23-16)14-5-4-6-25(9-14)10-15(19)26/h7-8,14H,4-6,9-10H2,1-3H3,(H2,19,26)(H,20,21,22,23,24)/t14-/m1/s1. The molecule has 0 spiro atoms. The molecule has 2 aromatic heterocycles. The van der Waals surface area contributed by atoms with Gasteiger partial charge < -0.3 is 11.1 Å². The lowest BCUT2D eigenvalue weighted by Gasteiger charge is -2.31. The quantitative estimate of drug-likeness (QED) is 0.838. The number of anilines is 2. The number of amides is 1. The Balaban J connectivity index is 1.79. The monoisotopic (exact) mass is 355 g/mol. The second-order valence-corrected chi connectivity index (χ2v) is 6.89. The van der Waals surface area contributed by atoms with Gasteiger partial charge >= 0.3 is 0 Å². The van der Waals surface area contributed by atoms with Crippen LogP contribution in [0.4, 0.5) is 11.8 Å². The number of nitrogens with zero attached hydrogens (tertiary/aromatic N) is 5. The van der Waals surface area contributed by atoms with Gasteiger partial charge in [0.2, 0.25) is 11.9 Å². The van der Waals surface area contributed by atoms with Crippen LogP contribution in [-0.4, -0.2) is 50.4 Å². The largest absolute Gasteiger partial charge is 0.369 e. The molecule has 0 aromatic carbocycles. The SMILES string of the molecule is Cc1cc(C)nc(Nc2cc(C)nc([C@@H]3CCCN(CC(N)=O)C3)n2)n1. The third kappa shape index (κ3) is 4.72. The maximum Gasteiger partial charge on any atom is 0.231 e. The van der Waals surface area contributed by atoms with Gasteiger partial charge in [-0.05, 0) is 46.2 Å².